The van der Waals surface area contributed by atoms with Crippen molar-refractivity contribution in [1.29, 1.82) is 0 Å². The summed E-state index contributed by atoms with van der Waals surface area (Å²) in [6.07, 6.45) is 0.736. The molecule has 1 amide bonds. The molecule has 4 rings (SSSR count). The maximum absolute atomic E-state index is 12.9. The van der Waals surface area contributed by atoms with Crippen LogP contribution in [0.2, 0.25) is 0 Å². The molecule has 0 spiro atoms. The molecule has 5 nitrogen and oxygen atoms in total. The number of nitrogens with zero attached hydrogens (tertiary/aromatic N) is 3. The SMILES string of the molecule is Cc1ccc(-n2c(C)nnc2SCC(=O)NC(Cc2ccccc2)c2ccccc2)cc1. The molecule has 1 heterocycles. The van der Waals surface area contributed by atoms with Gasteiger partial charge in [-0.3, -0.25) is 9.36 Å². The number of thioether (sulfide) groups is 1. The number of hydrogen-bond acceptors (Lipinski definition) is 4. The molecule has 0 aliphatic rings. The molecule has 162 valence electrons. The summed E-state index contributed by atoms with van der Waals surface area (Å²) in [5.74, 6) is 1.03. The van der Waals surface area contributed by atoms with Gasteiger partial charge in [0, 0.05) is 5.69 Å². The van der Waals surface area contributed by atoms with Crippen molar-refractivity contribution in [1.82, 2.24) is 20.1 Å². The van der Waals surface area contributed by atoms with Crippen molar-refractivity contribution in [3.8, 4) is 5.69 Å². The summed E-state index contributed by atoms with van der Waals surface area (Å²) >= 11 is 1.40. The van der Waals surface area contributed by atoms with Gasteiger partial charge in [-0.05, 0) is 43.5 Å². The summed E-state index contributed by atoms with van der Waals surface area (Å²) in [6, 6.07) is 28.4. The maximum Gasteiger partial charge on any atom is 0.230 e. The van der Waals surface area contributed by atoms with Crippen molar-refractivity contribution in [2.75, 3.05) is 5.75 Å². The minimum Gasteiger partial charge on any atom is -0.348 e. The van der Waals surface area contributed by atoms with E-state index in [2.05, 4.69) is 58.8 Å². The topological polar surface area (TPSA) is 59.8 Å². The van der Waals surface area contributed by atoms with Gasteiger partial charge in [0.1, 0.15) is 5.82 Å². The van der Waals surface area contributed by atoms with Crippen LogP contribution >= 0.6 is 11.8 Å². The summed E-state index contributed by atoms with van der Waals surface area (Å²) in [5, 5.41) is 12.4. The zero-order chi connectivity index (χ0) is 22.3. The fourth-order valence-corrected chi connectivity index (χ4v) is 4.39. The molecule has 3 aromatic carbocycles. The number of carbonyl (C=O) groups is 1. The van der Waals surface area contributed by atoms with E-state index >= 15 is 0 Å². The Balaban J connectivity index is 1.46. The minimum atomic E-state index is -0.0941. The molecule has 0 fully saturated rings. The Labute approximate surface area is 192 Å². The second-order valence-corrected chi connectivity index (χ2v) is 8.65. The number of rotatable bonds is 8. The van der Waals surface area contributed by atoms with Crippen LogP contribution in [0.15, 0.2) is 90.1 Å². The van der Waals surface area contributed by atoms with Crippen molar-refractivity contribution in [2.45, 2.75) is 31.5 Å². The van der Waals surface area contributed by atoms with E-state index in [-0.39, 0.29) is 17.7 Å². The highest BCUT2D eigenvalue weighted by molar-refractivity contribution is 7.99. The lowest BCUT2D eigenvalue weighted by Gasteiger charge is -2.19. The Bertz CT molecular complexity index is 1160. The maximum atomic E-state index is 12.9. The van der Waals surface area contributed by atoms with E-state index in [1.807, 2.05) is 60.0 Å². The van der Waals surface area contributed by atoms with Crippen LogP contribution in [0.1, 0.15) is 28.6 Å². The number of amides is 1. The van der Waals surface area contributed by atoms with Gasteiger partial charge in [-0.1, -0.05) is 90.1 Å². The van der Waals surface area contributed by atoms with Crippen LogP contribution in [0.3, 0.4) is 0 Å². The summed E-state index contributed by atoms with van der Waals surface area (Å²) in [4.78, 5) is 12.9. The molecule has 0 aliphatic carbocycles. The Hall–Kier alpha value is -3.38. The quantitative estimate of drug-likeness (QED) is 0.387. The molecule has 4 aromatic rings. The van der Waals surface area contributed by atoms with Gasteiger partial charge in [0.15, 0.2) is 5.16 Å². The molecule has 6 heteroatoms. The van der Waals surface area contributed by atoms with Gasteiger partial charge in [-0.2, -0.15) is 0 Å². The number of nitrogens with one attached hydrogen (secondary N) is 1. The third-order valence-corrected chi connectivity index (χ3v) is 6.17. The van der Waals surface area contributed by atoms with Crippen LogP contribution in [0, 0.1) is 13.8 Å². The third-order valence-electron chi connectivity index (χ3n) is 5.24. The van der Waals surface area contributed by atoms with Crippen molar-refractivity contribution >= 4 is 17.7 Å². The molecule has 1 N–H and O–H groups in total. The van der Waals surface area contributed by atoms with Gasteiger partial charge in [-0.15, -0.1) is 10.2 Å². The van der Waals surface area contributed by atoms with E-state index in [9.17, 15) is 4.79 Å². The normalized spacial score (nSPS) is 11.8. The Morgan fingerprint density at radius 3 is 2.25 bits per heavy atom. The fourth-order valence-electron chi connectivity index (χ4n) is 3.58. The van der Waals surface area contributed by atoms with Gasteiger partial charge < -0.3 is 5.32 Å². The first-order valence-corrected chi connectivity index (χ1v) is 11.6. The largest absolute Gasteiger partial charge is 0.348 e. The van der Waals surface area contributed by atoms with Crippen LogP contribution in [-0.2, 0) is 11.2 Å². The van der Waals surface area contributed by atoms with Crippen molar-refractivity contribution in [3.63, 3.8) is 0 Å². The number of carbonyl (C=O) groups excluding carboxylic acids is 1. The van der Waals surface area contributed by atoms with Gasteiger partial charge in [0.05, 0.1) is 11.8 Å². The number of aryl methyl sites for hydroxylation is 2. The van der Waals surface area contributed by atoms with Crippen LogP contribution in [0.25, 0.3) is 5.69 Å². The second kappa shape index (κ2) is 10.3. The van der Waals surface area contributed by atoms with Crippen LogP contribution in [0.4, 0.5) is 0 Å². The first kappa shape index (κ1) is 21.8. The predicted octanol–water partition coefficient (Wildman–Crippen LogP) is 5.08. The van der Waals surface area contributed by atoms with E-state index in [4.69, 9.17) is 0 Å². The first-order valence-electron chi connectivity index (χ1n) is 10.6. The third kappa shape index (κ3) is 5.45. The molecule has 0 saturated carbocycles. The van der Waals surface area contributed by atoms with Crippen molar-refractivity contribution in [2.24, 2.45) is 0 Å². The number of aromatic nitrogens is 3. The van der Waals surface area contributed by atoms with E-state index in [1.54, 1.807) is 0 Å². The van der Waals surface area contributed by atoms with Crippen molar-refractivity contribution in [3.05, 3.63) is 107 Å². The zero-order valence-electron chi connectivity index (χ0n) is 18.2. The molecule has 1 aromatic heterocycles. The van der Waals surface area contributed by atoms with Crippen LogP contribution in [-0.4, -0.2) is 26.4 Å². The smallest absolute Gasteiger partial charge is 0.230 e. The molecule has 0 radical (unpaired) electrons. The molecular weight excluding hydrogens is 416 g/mol. The summed E-state index contributed by atoms with van der Waals surface area (Å²) in [7, 11) is 0. The van der Waals surface area contributed by atoms with Crippen molar-refractivity contribution < 1.29 is 4.79 Å². The highest BCUT2D eigenvalue weighted by Gasteiger charge is 2.17. The fraction of sp³-hybridized carbons (Fsp3) is 0.192. The van der Waals surface area contributed by atoms with Gasteiger partial charge in [0.2, 0.25) is 5.91 Å². The molecule has 0 bridgehead atoms. The first-order chi connectivity index (χ1) is 15.6. The van der Waals surface area contributed by atoms with Gasteiger partial charge >= 0.3 is 0 Å². The zero-order valence-corrected chi connectivity index (χ0v) is 19.0. The van der Waals surface area contributed by atoms with E-state index in [0.29, 0.717) is 5.16 Å². The van der Waals surface area contributed by atoms with Crippen LogP contribution < -0.4 is 5.32 Å². The molecular formula is C26H26N4OS. The summed E-state index contributed by atoms with van der Waals surface area (Å²) in [5.41, 5.74) is 4.46. The lowest BCUT2D eigenvalue weighted by atomic mass is 9.99. The predicted molar refractivity (Wildman–Crippen MR) is 129 cm³/mol. The Morgan fingerprint density at radius 1 is 0.906 bits per heavy atom. The monoisotopic (exact) mass is 442 g/mol. The number of hydrogen-bond donors (Lipinski definition) is 1. The summed E-state index contributed by atoms with van der Waals surface area (Å²) < 4.78 is 1.98. The minimum absolute atomic E-state index is 0.0316. The summed E-state index contributed by atoms with van der Waals surface area (Å²) in [6.45, 7) is 3.98. The van der Waals surface area contributed by atoms with E-state index in [1.165, 1.54) is 22.9 Å². The van der Waals surface area contributed by atoms with E-state index < -0.39 is 0 Å². The lowest BCUT2D eigenvalue weighted by molar-refractivity contribution is -0.119. The highest BCUT2D eigenvalue weighted by Crippen LogP contribution is 2.23. The average molecular weight is 443 g/mol. The molecule has 32 heavy (non-hydrogen) atoms. The molecule has 0 aliphatic heterocycles. The second-order valence-electron chi connectivity index (χ2n) is 7.71. The van der Waals surface area contributed by atoms with E-state index in [0.717, 1.165) is 23.5 Å². The standard InChI is InChI=1S/C26H26N4OS/c1-19-13-15-23(16-14-19)30-20(2)28-29-26(30)32-18-25(31)27-24(22-11-7-4-8-12-22)17-21-9-5-3-6-10-21/h3-16,24H,17-18H2,1-2H3,(H,27,31). The Morgan fingerprint density at radius 2 is 1.56 bits per heavy atom. The lowest BCUT2D eigenvalue weighted by Crippen LogP contribution is -2.31. The van der Waals surface area contributed by atoms with Gasteiger partial charge in [-0.25, -0.2) is 0 Å². The average Bonchev–Trinajstić information content (AvgIpc) is 3.19. The van der Waals surface area contributed by atoms with Gasteiger partial charge in [0.25, 0.3) is 0 Å². The molecule has 1 atom stereocenters. The highest BCUT2D eigenvalue weighted by atomic mass is 32.2. The molecule has 1 unspecified atom stereocenters. The van der Waals surface area contributed by atoms with Crippen LogP contribution in [0.5, 0.6) is 0 Å². The molecule has 0 saturated heterocycles. The number of benzene rings is 3. The Kier molecular flexibility index (Phi) is 7.02.